The van der Waals surface area contributed by atoms with Gasteiger partial charge in [0.1, 0.15) is 0 Å². The lowest BCUT2D eigenvalue weighted by Gasteiger charge is -2.10. The molecule has 1 atom stereocenters. The molecule has 1 amide bonds. The van der Waals surface area contributed by atoms with Crippen molar-refractivity contribution >= 4 is 16.7 Å². The van der Waals surface area contributed by atoms with Gasteiger partial charge in [-0.3, -0.25) is 4.79 Å². The van der Waals surface area contributed by atoms with Crippen molar-refractivity contribution < 1.29 is 4.79 Å². The summed E-state index contributed by atoms with van der Waals surface area (Å²) in [7, 11) is 0. The molecule has 1 aliphatic rings. The van der Waals surface area contributed by atoms with Gasteiger partial charge >= 0.3 is 0 Å². The number of nitrogens with one attached hydrogen (secondary N) is 2. The van der Waals surface area contributed by atoms with E-state index in [1.807, 2.05) is 24.3 Å². The molecule has 1 fully saturated rings. The zero-order valence-corrected chi connectivity index (χ0v) is 12.3. The van der Waals surface area contributed by atoms with Crippen LogP contribution in [0.4, 0.5) is 0 Å². The summed E-state index contributed by atoms with van der Waals surface area (Å²) in [6, 6.07) is 14.4. The van der Waals surface area contributed by atoms with Crippen molar-refractivity contribution in [1.29, 1.82) is 0 Å². The fourth-order valence-electron chi connectivity index (χ4n) is 3.06. The molecule has 0 spiro atoms. The summed E-state index contributed by atoms with van der Waals surface area (Å²) in [6.07, 6.45) is 2.78. The number of benzene rings is 2. The normalized spacial score (nSPS) is 18.0. The van der Waals surface area contributed by atoms with E-state index in [0.29, 0.717) is 6.42 Å². The molecule has 21 heavy (non-hydrogen) atoms. The first kappa shape index (κ1) is 14.1. The molecule has 2 aromatic carbocycles. The van der Waals surface area contributed by atoms with Crippen molar-refractivity contribution in [3.8, 4) is 0 Å². The summed E-state index contributed by atoms with van der Waals surface area (Å²) in [5, 5.41) is 8.78. The second kappa shape index (κ2) is 6.72. The average molecular weight is 282 g/mol. The lowest BCUT2D eigenvalue weighted by atomic mass is 10.0. The van der Waals surface area contributed by atoms with Crippen molar-refractivity contribution in [3.63, 3.8) is 0 Å². The number of fused-ring (bicyclic) bond motifs is 1. The molecule has 0 saturated carbocycles. The molecule has 1 unspecified atom stereocenters. The quantitative estimate of drug-likeness (QED) is 0.884. The van der Waals surface area contributed by atoms with Crippen molar-refractivity contribution in [1.82, 2.24) is 10.6 Å². The highest BCUT2D eigenvalue weighted by molar-refractivity contribution is 5.90. The topological polar surface area (TPSA) is 41.1 Å². The highest BCUT2D eigenvalue weighted by atomic mass is 16.1. The smallest absolute Gasteiger partial charge is 0.224 e. The molecule has 2 aromatic rings. The molecule has 0 radical (unpaired) electrons. The predicted molar refractivity (Wildman–Crippen MR) is 86.3 cm³/mol. The zero-order valence-electron chi connectivity index (χ0n) is 12.3. The molecule has 0 aliphatic carbocycles. The van der Waals surface area contributed by atoms with Gasteiger partial charge in [-0.05, 0) is 48.2 Å². The fraction of sp³-hybridized carbons (Fsp3) is 0.389. The van der Waals surface area contributed by atoms with E-state index in [1.165, 1.54) is 17.2 Å². The second-order valence-electron chi connectivity index (χ2n) is 5.81. The molecule has 3 nitrogen and oxygen atoms in total. The van der Waals surface area contributed by atoms with Crippen molar-refractivity contribution in [2.45, 2.75) is 19.3 Å². The van der Waals surface area contributed by atoms with Crippen LogP contribution in [0.15, 0.2) is 42.5 Å². The predicted octanol–water partition coefficient (Wildman–Crippen LogP) is 2.50. The first-order valence-corrected chi connectivity index (χ1v) is 7.77. The van der Waals surface area contributed by atoms with Gasteiger partial charge in [0.2, 0.25) is 5.91 Å². The lowest BCUT2D eigenvalue weighted by Crippen LogP contribution is -2.27. The number of rotatable bonds is 5. The summed E-state index contributed by atoms with van der Waals surface area (Å²) >= 11 is 0. The van der Waals surface area contributed by atoms with E-state index in [4.69, 9.17) is 0 Å². The van der Waals surface area contributed by atoms with Gasteiger partial charge in [0, 0.05) is 6.54 Å². The van der Waals surface area contributed by atoms with E-state index in [-0.39, 0.29) is 5.91 Å². The Bertz CT molecular complexity index is 612. The minimum Gasteiger partial charge on any atom is -0.356 e. The zero-order chi connectivity index (χ0) is 14.5. The van der Waals surface area contributed by atoms with Gasteiger partial charge in [0.05, 0.1) is 6.42 Å². The van der Waals surface area contributed by atoms with Crippen LogP contribution in [-0.4, -0.2) is 25.5 Å². The molecule has 1 aliphatic heterocycles. The van der Waals surface area contributed by atoms with Gasteiger partial charge in [0.15, 0.2) is 0 Å². The van der Waals surface area contributed by atoms with Crippen LogP contribution >= 0.6 is 0 Å². The van der Waals surface area contributed by atoms with Crippen molar-refractivity contribution in [3.05, 3.63) is 48.0 Å². The number of hydrogen-bond donors (Lipinski definition) is 2. The maximum atomic E-state index is 12.1. The summed E-state index contributed by atoms with van der Waals surface area (Å²) in [6.45, 7) is 3.00. The maximum Gasteiger partial charge on any atom is 0.224 e. The summed E-state index contributed by atoms with van der Waals surface area (Å²) < 4.78 is 0. The first-order chi connectivity index (χ1) is 10.3. The van der Waals surface area contributed by atoms with Crippen LogP contribution in [0.2, 0.25) is 0 Å². The fourth-order valence-corrected chi connectivity index (χ4v) is 3.06. The molecule has 0 bridgehead atoms. The van der Waals surface area contributed by atoms with E-state index in [2.05, 4.69) is 28.8 Å². The number of carbonyl (C=O) groups is 1. The van der Waals surface area contributed by atoms with E-state index in [1.54, 1.807) is 0 Å². The van der Waals surface area contributed by atoms with Gasteiger partial charge in [-0.1, -0.05) is 42.5 Å². The van der Waals surface area contributed by atoms with Crippen LogP contribution < -0.4 is 10.6 Å². The van der Waals surface area contributed by atoms with Crippen molar-refractivity contribution in [2.24, 2.45) is 5.92 Å². The molecule has 2 N–H and O–H groups in total. The van der Waals surface area contributed by atoms with Crippen LogP contribution in [0.25, 0.3) is 10.8 Å². The van der Waals surface area contributed by atoms with Crippen LogP contribution in [0, 0.1) is 5.92 Å². The van der Waals surface area contributed by atoms with Gasteiger partial charge in [-0.25, -0.2) is 0 Å². The van der Waals surface area contributed by atoms with Crippen LogP contribution in [0.3, 0.4) is 0 Å². The number of carbonyl (C=O) groups excluding carboxylic acids is 1. The highest BCUT2D eigenvalue weighted by Crippen LogP contribution is 2.18. The largest absolute Gasteiger partial charge is 0.356 e. The highest BCUT2D eigenvalue weighted by Gasteiger charge is 2.14. The Morgan fingerprint density at radius 3 is 2.90 bits per heavy atom. The van der Waals surface area contributed by atoms with Gasteiger partial charge < -0.3 is 10.6 Å². The molecule has 0 aromatic heterocycles. The Morgan fingerprint density at radius 2 is 2.05 bits per heavy atom. The number of hydrogen-bond acceptors (Lipinski definition) is 2. The second-order valence-corrected chi connectivity index (χ2v) is 5.81. The molecule has 1 saturated heterocycles. The van der Waals surface area contributed by atoms with Crippen LogP contribution in [0.1, 0.15) is 18.4 Å². The molecule has 3 rings (SSSR count). The average Bonchev–Trinajstić information content (AvgIpc) is 3.01. The minimum absolute atomic E-state index is 0.123. The van der Waals surface area contributed by atoms with E-state index in [9.17, 15) is 4.79 Å². The Balaban J connectivity index is 1.56. The monoisotopic (exact) mass is 282 g/mol. The van der Waals surface area contributed by atoms with E-state index >= 15 is 0 Å². The molecular weight excluding hydrogens is 260 g/mol. The summed E-state index contributed by atoms with van der Waals surface area (Å²) in [4.78, 5) is 12.1. The van der Waals surface area contributed by atoms with E-state index < -0.39 is 0 Å². The molecule has 110 valence electrons. The molecule has 3 heteroatoms. The van der Waals surface area contributed by atoms with Gasteiger partial charge in [-0.2, -0.15) is 0 Å². The SMILES string of the molecule is O=C(Cc1cccc2ccccc12)NCCC1CCNC1. The van der Waals surface area contributed by atoms with Crippen molar-refractivity contribution in [2.75, 3.05) is 19.6 Å². The third-order valence-corrected chi connectivity index (χ3v) is 4.27. The third kappa shape index (κ3) is 3.61. The Hall–Kier alpha value is -1.87. The third-order valence-electron chi connectivity index (χ3n) is 4.27. The lowest BCUT2D eigenvalue weighted by molar-refractivity contribution is -0.120. The Labute approximate surface area is 125 Å². The first-order valence-electron chi connectivity index (χ1n) is 7.77. The molecular formula is C18H22N2O. The Kier molecular flexibility index (Phi) is 4.51. The van der Waals surface area contributed by atoms with Crippen LogP contribution in [-0.2, 0) is 11.2 Å². The summed E-state index contributed by atoms with van der Waals surface area (Å²) in [5.41, 5.74) is 1.10. The standard InChI is InChI=1S/C18H22N2O/c21-18(20-11-9-14-8-10-19-13-14)12-16-6-3-5-15-4-1-2-7-17(15)16/h1-7,14,19H,8-13H2,(H,20,21). The summed E-state index contributed by atoms with van der Waals surface area (Å²) in [5.74, 6) is 0.847. The maximum absolute atomic E-state index is 12.1. The van der Waals surface area contributed by atoms with Crippen LogP contribution in [0.5, 0.6) is 0 Å². The number of amides is 1. The molecule has 1 heterocycles. The van der Waals surface area contributed by atoms with Gasteiger partial charge in [0.25, 0.3) is 0 Å². The van der Waals surface area contributed by atoms with Gasteiger partial charge in [-0.15, -0.1) is 0 Å². The Morgan fingerprint density at radius 1 is 1.19 bits per heavy atom. The minimum atomic E-state index is 0.123. The van der Waals surface area contributed by atoms with E-state index in [0.717, 1.165) is 37.5 Å².